The third-order valence-electron chi connectivity index (χ3n) is 9.42. The van der Waals surface area contributed by atoms with Crippen molar-refractivity contribution in [2.75, 3.05) is 31.1 Å². The van der Waals surface area contributed by atoms with Crippen LogP contribution in [0, 0.1) is 25.7 Å². The molecule has 43 heavy (non-hydrogen) atoms. The fraction of sp³-hybridized carbons (Fsp3) is 0.457. The van der Waals surface area contributed by atoms with Gasteiger partial charge < -0.3 is 19.8 Å². The lowest BCUT2D eigenvalue weighted by Gasteiger charge is -2.35. The third-order valence-corrected chi connectivity index (χ3v) is 11.2. The van der Waals surface area contributed by atoms with E-state index in [0.29, 0.717) is 26.2 Å². The molecule has 0 bridgehead atoms. The quantitative estimate of drug-likeness (QED) is 0.335. The second-order valence-corrected chi connectivity index (χ2v) is 13.8. The summed E-state index contributed by atoms with van der Waals surface area (Å²) < 4.78 is -0.823. The molecule has 1 spiro atoms. The number of anilines is 1. The molecule has 4 heterocycles. The number of aliphatic hydroxyl groups is 1. The number of hydrogen-bond donors (Lipinski definition) is 1. The smallest absolute Gasteiger partial charge is 0.251 e. The first kappa shape index (κ1) is 29.7. The van der Waals surface area contributed by atoms with Crippen molar-refractivity contribution in [3.8, 4) is 0 Å². The number of carbonyl (C=O) groups is 3. The molecule has 7 nitrogen and oxygen atoms in total. The van der Waals surface area contributed by atoms with Crippen LogP contribution in [0.1, 0.15) is 42.4 Å². The Morgan fingerprint density at radius 2 is 1.70 bits per heavy atom. The summed E-state index contributed by atoms with van der Waals surface area (Å²) in [5.41, 5.74) is 4.01. The topological polar surface area (TPSA) is 81.2 Å². The number of rotatable bonds is 9. The van der Waals surface area contributed by atoms with Crippen LogP contribution >= 0.6 is 11.8 Å². The van der Waals surface area contributed by atoms with Crippen molar-refractivity contribution in [1.29, 1.82) is 0 Å². The van der Waals surface area contributed by atoms with E-state index in [-0.39, 0.29) is 29.6 Å². The van der Waals surface area contributed by atoms with Gasteiger partial charge in [0, 0.05) is 43.7 Å². The summed E-state index contributed by atoms with van der Waals surface area (Å²) >= 11 is 1.63. The zero-order valence-electron chi connectivity index (χ0n) is 25.0. The number of likely N-dealkylation sites (tertiary alicyclic amines) is 1. The highest BCUT2D eigenvalue weighted by molar-refractivity contribution is 8.02. The van der Waals surface area contributed by atoms with Gasteiger partial charge in [0.2, 0.25) is 11.8 Å². The predicted molar refractivity (Wildman–Crippen MR) is 171 cm³/mol. The van der Waals surface area contributed by atoms with E-state index in [1.807, 2.05) is 78.3 Å². The normalized spacial score (nSPS) is 28.2. The molecule has 0 aliphatic carbocycles. The van der Waals surface area contributed by atoms with Gasteiger partial charge in [0.05, 0.1) is 16.6 Å². The molecule has 4 aliphatic heterocycles. The number of hydrogen-bond acceptors (Lipinski definition) is 5. The maximum absolute atomic E-state index is 14.7. The number of thioether (sulfide) groups is 1. The van der Waals surface area contributed by atoms with Crippen LogP contribution in [0.2, 0.25) is 0 Å². The Labute approximate surface area is 258 Å². The molecule has 6 rings (SSSR count). The molecule has 3 amide bonds. The molecule has 0 radical (unpaired) electrons. The lowest BCUT2D eigenvalue weighted by molar-refractivity contribution is -0.143. The van der Waals surface area contributed by atoms with Crippen LogP contribution in [0.4, 0.5) is 5.69 Å². The summed E-state index contributed by atoms with van der Waals surface area (Å²) in [6, 6.07) is 15.4. The van der Waals surface area contributed by atoms with Crippen molar-refractivity contribution in [1.82, 2.24) is 9.80 Å². The maximum Gasteiger partial charge on any atom is 0.251 e. The monoisotopic (exact) mass is 599 g/mol. The van der Waals surface area contributed by atoms with Gasteiger partial charge >= 0.3 is 0 Å². The lowest BCUT2D eigenvalue weighted by Crippen LogP contribution is -2.53. The Hall–Kier alpha value is -3.36. The zero-order chi connectivity index (χ0) is 30.1. The summed E-state index contributed by atoms with van der Waals surface area (Å²) in [5.74, 6) is -1.33. The number of aliphatic hydroxyl groups excluding tert-OH is 1. The fourth-order valence-electron chi connectivity index (χ4n) is 7.35. The van der Waals surface area contributed by atoms with Gasteiger partial charge in [0.25, 0.3) is 5.91 Å². The van der Waals surface area contributed by atoms with E-state index in [1.165, 1.54) is 0 Å². The molecule has 1 N–H and O–H groups in total. The average Bonchev–Trinajstić information content (AvgIpc) is 3.32. The third kappa shape index (κ3) is 5.33. The summed E-state index contributed by atoms with van der Waals surface area (Å²) in [6.45, 7) is 6.06. The molecule has 1 unspecified atom stereocenters. The van der Waals surface area contributed by atoms with E-state index in [1.54, 1.807) is 16.7 Å². The molecular formula is C35H41N3O4S. The van der Waals surface area contributed by atoms with Crippen molar-refractivity contribution in [3.05, 3.63) is 89.5 Å². The van der Waals surface area contributed by atoms with Crippen molar-refractivity contribution in [2.24, 2.45) is 11.8 Å². The van der Waals surface area contributed by atoms with Gasteiger partial charge in [0.15, 0.2) is 0 Å². The van der Waals surface area contributed by atoms with Gasteiger partial charge in [0.1, 0.15) is 6.04 Å². The van der Waals surface area contributed by atoms with Crippen LogP contribution in [-0.4, -0.2) is 74.9 Å². The number of nitrogens with zero attached hydrogens (tertiary/aromatic N) is 3. The molecule has 5 atom stereocenters. The van der Waals surface area contributed by atoms with E-state index in [2.05, 4.69) is 18.2 Å². The Kier molecular flexibility index (Phi) is 8.51. The standard InChI is InChI=1S/C35H41N3O4S/c1-24-15-16-25(2)27(22-24)37-20-11-17-35-30(33(41)38(31(35)34(37)42)19-8-3-4-9-21-39)29-28(43-35)14-10-18-36(32(29)40)23-26-12-6-5-7-13-26/h5-7,10-17,22,28-31,39H,3-4,8-9,18-21,23H2,1-2H3/t28-,29+,30-,31?,35-/m0/s1. The molecule has 2 aromatic carbocycles. The molecule has 0 aromatic heterocycles. The highest BCUT2D eigenvalue weighted by atomic mass is 32.2. The molecule has 2 fully saturated rings. The van der Waals surface area contributed by atoms with Crippen LogP contribution in [-0.2, 0) is 20.9 Å². The Balaban J connectivity index is 1.37. The number of carbonyl (C=O) groups excluding carboxylic acids is 3. The van der Waals surface area contributed by atoms with E-state index < -0.39 is 22.6 Å². The van der Waals surface area contributed by atoms with Gasteiger partial charge in [-0.25, -0.2) is 0 Å². The van der Waals surface area contributed by atoms with Gasteiger partial charge in [-0.05, 0) is 49.4 Å². The SMILES string of the molecule is Cc1ccc(C)c(N2CC=C[C@]34S[C@H]5C=CCN(Cc6ccccc6)C(=O)[C@H]5[C@H]3C(=O)N(CCCCCCO)C4C2=O)c1. The average molecular weight is 600 g/mol. The van der Waals surface area contributed by atoms with Crippen molar-refractivity contribution in [2.45, 2.75) is 62.1 Å². The molecule has 4 aliphatic rings. The highest BCUT2D eigenvalue weighted by Gasteiger charge is 2.71. The number of fused-ring (bicyclic) bond motifs is 2. The minimum atomic E-state index is -0.823. The molecule has 2 saturated heterocycles. The van der Waals surface area contributed by atoms with E-state index in [0.717, 1.165) is 48.1 Å². The molecular weight excluding hydrogens is 558 g/mol. The number of unbranched alkanes of at least 4 members (excludes halogenated alkanes) is 3. The summed E-state index contributed by atoms with van der Waals surface area (Å²) in [6.07, 6.45) is 11.5. The number of aryl methyl sites for hydroxylation is 2. The van der Waals surface area contributed by atoms with E-state index in [9.17, 15) is 19.5 Å². The second-order valence-electron chi connectivity index (χ2n) is 12.3. The fourth-order valence-corrected chi connectivity index (χ4v) is 9.36. The first-order valence-electron chi connectivity index (χ1n) is 15.5. The Bertz CT molecular complexity index is 1440. The molecule has 226 valence electrons. The van der Waals surface area contributed by atoms with Gasteiger partial charge in [-0.15, -0.1) is 11.8 Å². The van der Waals surface area contributed by atoms with Crippen molar-refractivity contribution >= 4 is 35.2 Å². The number of amides is 3. The van der Waals surface area contributed by atoms with Crippen LogP contribution < -0.4 is 4.90 Å². The Morgan fingerprint density at radius 1 is 0.907 bits per heavy atom. The predicted octanol–water partition coefficient (Wildman–Crippen LogP) is 4.65. The largest absolute Gasteiger partial charge is 0.396 e. The highest BCUT2D eigenvalue weighted by Crippen LogP contribution is 2.61. The van der Waals surface area contributed by atoms with Crippen LogP contribution in [0.5, 0.6) is 0 Å². The first-order valence-corrected chi connectivity index (χ1v) is 16.4. The van der Waals surface area contributed by atoms with Crippen molar-refractivity contribution in [3.63, 3.8) is 0 Å². The summed E-state index contributed by atoms with van der Waals surface area (Å²) in [7, 11) is 0. The van der Waals surface area contributed by atoms with Gasteiger partial charge in [-0.3, -0.25) is 14.4 Å². The van der Waals surface area contributed by atoms with Gasteiger partial charge in [-0.2, -0.15) is 0 Å². The van der Waals surface area contributed by atoms with Gasteiger partial charge in [-0.1, -0.05) is 79.6 Å². The molecule has 2 aromatic rings. The second kappa shape index (κ2) is 12.3. The van der Waals surface area contributed by atoms with Crippen molar-refractivity contribution < 1.29 is 19.5 Å². The first-order chi connectivity index (χ1) is 20.9. The van der Waals surface area contributed by atoms with Crippen LogP contribution in [0.3, 0.4) is 0 Å². The lowest BCUT2D eigenvalue weighted by atomic mass is 9.78. The maximum atomic E-state index is 14.7. The van der Waals surface area contributed by atoms with Crippen LogP contribution in [0.15, 0.2) is 72.8 Å². The van der Waals surface area contributed by atoms with Crippen LogP contribution in [0.25, 0.3) is 0 Å². The minimum absolute atomic E-state index is 0.0124. The summed E-state index contributed by atoms with van der Waals surface area (Å²) in [5, 5.41) is 9.05. The number of benzene rings is 2. The molecule has 0 saturated carbocycles. The summed E-state index contributed by atoms with van der Waals surface area (Å²) in [4.78, 5) is 49.1. The zero-order valence-corrected chi connectivity index (χ0v) is 25.8. The van der Waals surface area contributed by atoms with E-state index in [4.69, 9.17) is 0 Å². The molecule has 8 heteroatoms. The Morgan fingerprint density at radius 3 is 2.49 bits per heavy atom. The minimum Gasteiger partial charge on any atom is -0.396 e. The van der Waals surface area contributed by atoms with E-state index >= 15 is 0 Å².